The summed E-state index contributed by atoms with van der Waals surface area (Å²) in [5.74, 6) is -1.00. The Kier molecular flexibility index (Phi) is 5.12. The maximum Gasteiger partial charge on any atom is 0.319 e. The number of nitrogens with zero attached hydrogens (tertiary/aromatic N) is 2. The number of hydrogen-bond donors (Lipinski definition) is 1. The summed E-state index contributed by atoms with van der Waals surface area (Å²) in [5, 5.41) is 9.01. The van der Waals surface area contributed by atoms with Crippen LogP contribution in [0.15, 0.2) is 0 Å². The average molecular weight is 296 g/mol. The number of piperidine rings is 2. The Morgan fingerprint density at radius 3 is 1.90 bits per heavy atom. The molecule has 0 aromatic carbocycles. The number of carboxylic acids is 1. The van der Waals surface area contributed by atoms with Crippen LogP contribution in [0.4, 0.5) is 4.79 Å². The molecular weight excluding hydrogens is 268 g/mol. The van der Waals surface area contributed by atoms with E-state index in [1.54, 1.807) is 0 Å². The first kappa shape index (κ1) is 16.1. The zero-order valence-electron chi connectivity index (χ0n) is 13.3. The van der Waals surface area contributed by atoms with Crippen LogP contribution >= 0.6 is 0 Å². The third-order valence-electron chi connectivity index (χ3n) is 5.71. The molecule has 21 heavy (non-hydrogen) atoms. The molecule has 0 aliphatic carbocycles. The molecular formula is C16H28N2O3. The molecule has 0 radical (unpaired) electrons. The van der Waals surface area contributed by atoms with E-state index in [-0.39, 0.29) is 11.9 Å². The minimum absolute atomic E-state index is 0.111. The number of hydrogen-bond acceptors (Lipinski definition) is 2. The second kappa shape index (κ2) is 6.67. The van der Waals surface area contributed by atoms with Crippen LogP contribution < -0.4 is 0 Å². The van der Waals surface area contributed by atoms with Crippen LogP contribution in [-0.2, 0) is 4.79 Å². The summed E-state index contributed by atoms with van der Waals surface area (Å²) < 4.78 is 0. The molecule has 5 heteroatoms. The molecule has 0 aromatic heterocycles. The zero-order valence-corrected chi connectivity index (χ0v) is 13.3. The first-order chi connectivity index (χ1) is 10.0. The lowest BCUT2D eigenvalue weighted by Crippen LogP contribution is -2.51. The summed E-state index contributed by atoms with van der Waals surface area (Å²) in [6, 6.07) is 0.111. The monoisotopic (exact) mass is 296 g/mol. The van der Waals surface area contributed by atoms with Gasteiger partial charge in [-0.2, -0.15) is 0 Å². The Morgan fingerprint density at radius 1 is 1.00 bits per heavy atom. The lowest BCUT2D eigenvalue weighted by molar-refractivity contribution is -0.143. The van der Waals surface area contributed by atoms with Crippen LogP contribution in [0.5, 0.6) is 0 Å². The molecule has 120 valence electrons. The predicted octanol–water partition coefficient (Wildman–Crippen LogP) is 2.81. The first-order valence-electron chi connectivity index (χ1n) is 8.28. The van der Waals surface area contributed by atoms with Gasteiger partial charge in [0.25, 0.3) is 0 Å². The molecule has 2 aliphatic heterocycles. The number of carbonyl (C=O) groups is 2. The van der Waals surface area contributed by atoms with Gasteiger partial charge in [-0.05, 0) is 31.1 Å². The number of urea groups is 1. The second-order valence-corrected chi connectivity index (χ2v) is 6.58. The number of aliphatic carboxylic acids is 1. The van der Waals surface area contributed by atoms with Gasteiger partial charge >= 0.3 is 12.0 Å². The third kappa shape index (κ3) is 3.50. The molecule has 0 aromatic rings. The van der Waals surface area contributed by atoms with Gasteiger partial charge in [0, 0.05) is 26.2 Å². The van der Waals surface area contributed by atoms with E-state index in [2.05, 4.69) is 13.8 Å². The van der Waals surface area contributed by atoms with Crippen molar-refractivity contribution in [3.63, 3.8) is 0 Å². The number of likely N-dealkylation sites (tertiary alicyclic amines) is 2. The minimum atomic E-state index is -0.726. The lowest BCUT2D eigenvalue weighted by Gasteiger charge is -2.43. The summed E-state index contributed by atoms with van der Waals surface area (Å²) in [7, 11) is 0. The molecule has 0 saturated carbocycles. The number of carboxylic acid groups (broad SMARTS) is 1. The molecule has 1 N–H and O–H groups in total. The quantitative estimate of drug-likeness (QED) is 0.871. The van der Waals surface area contributed by atoms with Gasteiger partial charge in [0.1, 0.15) is 0 Å². The van der Waals surface area contributed by atoms with Crippen LogP contribution in [0.3, 0.4) is 0 Å². The van der Waals surface area contributed by atoms with E-state index in [1.807, 2.05) is 9.80 Å². The molecule has 0 bridgehead atoms. The number of carbonyl (C=O) groups excluding carboxylic acids is 1. The molecule has 0 spiro atoms. The van der Waals surface area contributed by atoms with E-state index >= 15 is 0 Å². The highest BCUT2D eigenvalue weighted by atomic mass is 16.4. The summed E-state index contributed by atoms with van der Waals surface area (Å²) in [6.07, 6.45) is 5.74. The Labute approximate surface area is 127 Å². The minimum Gasteiger partial charge on any atom is -0.481 e. The fraction of sp³-hybridized carbons (Fsp3) is 0.875. The van der Waals surface area contributed by atoms with E-state index in [9.17, 15) is 9.59 Å². The third-order valence-corrected chi connectivity index (χ3v) is 5.71. The van der Waals surface area contributed by atoms with Crippen molar-refractivity contribution in [3.05, 3.63) is 0 Å². The highest BCUT2D eigenvalue weighted by Crippen LogP contribution is 2.38. The van der Waals surface area contributed by atoms with E-state index < -0.39 is 5.97 Å². The summed E-state index contributed by atoms with van der Waals surface area (Å²) in [4.78, 5) is 27.3. The largest absolute Gasteiger partial charge is 0.481 e. The smallest absolute Gasteiger partial charge is 0.319 e. The van der Waals surface area contributed by atoms with E-state index in [4.69, 9.17) is 5.11 Å². The van der Waals surface area contributed by atoms with Gasteiger partial charge in [-0.25, -0.2) is 4.79 Å². The highest BCUT2D eigenvalue weighted by molar-refractivity contribution is 5.75. The van der Waals surface area contributed by atoms with Crippen molar-refractivity contribution in [2.45, 2.75) is 52.4 Å². The maximum atomic E-state index is 12.5. The van der Waals surface area contributed by atoms with Crippen molar-refractivity contribution in [2.75, 3.05) is 26.2 Å². The molecule has 2 rings (SSSR count). The van der Waals surface area contributed by atoms with Gasteiger partial charge in [-0.15, -0.1) is 0 Å². The van der Waals surface area contributed by atoms with Crippen LogP contribution in [0.2, 0.25) is 0 Å². The van der Waals surface area contributed by atoms with Crippen molar-refractivity contribution in [1.82, 2.24) is 9.80 Å². The van der Waals surface area contributed by atoms with Gasteiger partial charge in [0.2, 0.25) is 0 Å². The molecule has 2 aliphatic rings. The van der Waals surface area contributed by atoms with E-state index in [0.717, 1.165) is 25.9 Å². The summed E-state index contributed by atoms with van der Waals surface area (Å²) >= 11 is 0. The predicted molar refractivity (Wildman–Crippen MR) is 81.2 cm³/mol. The lowest BCUT2D eigenvalue weighted by atomic mass is 9.74. The fourth-order valence-electron chi connectivity index (χ4n) is 3.65. The van der Waals surface area contributed by atoms with Crippen LogP contribution in [0, 0.1) is 11.3 Å². The van der Waals surface area contributed by atoms with Crippen molar-refractivity contribution in [3.8, 4) is 0 Å². The molecule has 2 fully saturated rings. The van der Waals surface area contributed by atoms with Crippen molar-refractivity contribution in [2.24, 2.45) is 11.3 Å². The maximum absolute atomic E-state index is 12.5. The number of amides is 2. The van der Waals surface area contributed by atoms with Gasteiger partial charge in [-0.1, -0.05) is 26.7 Å². The van der Waals surface area contributed by atoms with Gasteiger partial charge in [0.05, 0.1) is 5.92 Å². The number of rotatable bonds is 3. The van der Waals surface area contributed by atoms with Gasteiger partial charge < -0.3 is 14.9 Å². The topological polar surface area (TPSA) is 60.9 Å². The van der Waals surface area contributed by atoms with Crippen molar-refractivity contribution >= 4 is 12.0 Å². The second-order valence-electron chi connectivity index (χ2n) is 6.58. The Hall–Kier alpha value is -1.26. The molecule has 5 nitrogen and oxygen atoms in total. The average Bonchev–Trinajstić information content (AvgIpc) is 2.54. The zero-order chi connectivity index (χ0) is 15.5. The molecule has 0 unspecified atom stereocenters. The van der Waals surface area contributed by atoms with Gasteiger partial charge in [-0.3, -0.25) is 4.79 Å². The summed E-state index contributed by atoms with van der Waals surface area (Å²) in [6.45, 7) is 7.35. The van der Waals surface area contributed by atoms with E-state index in [0.29, 0.717) is 31.3 Å². The molecule has 2 saturated heterocycles. The van der Waals surface area contributed by atoms with Gasteiger partial charge in [0.15, 0.2) is 0 Å². The van der Waals surface area contributed by atoms with Crippen LogP contribution in [0.1, 0.15) is 52.4 Å². The van der Waals surface area contributed by atoms with E-state index in [1.165, 1.54) is 12.8 Å². The van der Waals surface area contributed by atoms with Crippen molar-refractivity contribution in [1.29, 1.82) is 0 Å². The normalized spacial score (nSPS) is 23.1. The SMILES string of the molecule is CCC1(CC)CCN(C(=O)N2CCC(C(=O)O)CC2)CC1. The summed E-state index contributed by atoms with van der Waals surface area (Å²) in [5.41, 5.74) is 0.424. The Morgan fingerprint density at radius 2 is 1.48 bits per heavy atom. The van der Waals surface area contributed by atoms with Crippen LogP contribution in [-0.4, -0.2) is 53.1 Å². The Balaban J connectivity index is 1.84. The highest BCUT2D eigenvalue weighted by Gasteiger charge is 2.35. The molecule has 2 amide bonds. The van der Waals surface area contributed by atoms with Crippen LogP contribution in [0.25, 0.3) is 0 Å². The Bertz CT molecular complexity index is 375. The fourth-order valence-corrected chi connectivity index (χ4v) is 3.65. The molecule has 2 heterocycles. The standard InChI is InChI=1S/C16H28N2O3/c1-3-16(4-2)7-11-18(12-8-16)15(21)17-9-5-13(6-10-17)14(19)20/h13H,3-12H2,1-2H3,(H,19,20). The first-order valence-corrected chi connectivity index (χ1v) is 8.28. The van der Waals surface area contributed by atoms with Crippen molar-refractivity contribution < 1.29 is 14.7 Å². The molecule has 0 atom stereocenters.